The van der Waals surface area contributed by atoms with Crippen LogP contribution in [0.3, 0.4) is 0 Å². The monoisotopic (exact) mass is 386 g/mol. The van der Waals surface area contributed by atoms with E-state index in [0.717, 1.165) is 22.3 Å². The minimum absolute atomic E-state index is 0.350. The zero-order valence-corrected chi connectivity index (χ0v) is 16.0. The van der Waals surface area contributed by atoms with Crippen LogP contribution in [0.4, 0.5) is 0 Å². The molecule has 3 aromatic carbocycles. The van der Waals surface area contributed by atoms with Crippen LogP contribution in [-0.4, -0.2) is 25.0 Å². The number of carbonyl (C=O) groups excluding carboxylic acids is 2. The largest absolute Gasteiger partial charge is 0.368 e. The molecule has 0 bridgehead atoms. The molecule has 3 N–H and O–H groups in total. The van der Waals surface area contributed by atoms with Crippen molar-refractivity contribution < 1.29 is 14.3 Å². The van der Waals surface area contributed by atoms with Crippen molar-refractivity contribution in [3.8, 4) is 11.1 Å². The van der Waals surface area contributed by atoms with Crippen LogP contribution in [0.15, 0.2) is 78.9 Å². The van der Waals surface area contributed by atoms with Gasteiger partial charge in [0.05, 0.1) is 0 Å². The van der Waals surface area contributed by atoms with Gasteiger partial charge in [0.2, 0.25) is 5.91 Å². The Kier molecular flexibility index (Phi) is 5.14. The highest BCUT2D eigenvalue weighted by Crippen LogP contribution is 2.46. The Morgan fingerprint density at radius 3 is 1.90 bits per heavy atom. The van der Waals surface area contributed by atoms with Crippen LogP contribution in [0, 0.1) is 0 Å². The summed E-state index contributed by atoms with van der Waals surface area (Å²) >= 11 is 0. The SMILES string of the molecule is CO[C@@H](C(=O)N[C@H](C(N)=O)C1c2ccccc2-c2ccccc21)c1ccccc1. The zero-order valence-electron chi connectivity index (χ0n) is 16.0. The molecule has 0 heterocycles. The van der Waals surface area contributed by atoms with E-state index in [-0.39, 0.29) is 5.92 Å². The molecule has 29 heavy (non-hydrogen) atoms. The first kappa shape index (κ1) is 18.9. The summed E-state index contributed by atoms with van der Waals surface area (Å²) in [5.41, 5.74) is 10.5. The van der Waals surface area contributed by atoms with Crippen molar-refractivity contribution in [1.82, 2.24) is 5.32 Å². The van der Waals surface area contributed by atoms with Crippen molar-refractivity contribution in [2.45, 2.75) is 18.1 Å². The van der Waals surface area contributed by atoms with Gasteiger partial charge in [0.15, 0.2) is 6.10 Å². The number of hydrogen-bond donors (Lipinski definition) is 2. The maximum atomic E-state index is 13.0. The van der Waals surface area contributed by atoms with Gasteiger partial charge in [-0.2, -0.15) is 0 Å². The molecule has 0 fully saturated rings. The number of ether oxygens (including phenoxy) is 1. The number of rotatable bonds is 6. The summed E-state index contributed by atoms with van der Waals surface area (Å²) in [5, 5.41) is 2.85. The lowest BCUT2D eigenvalue weighted by Crippen LogP contribution is -2.49. The Balaban J connectivity index is 1.70. The van der Waals surface area contributed by atoms with Crippen LogP contribution in [0.1, 0.15) is 28.7 Å². The van der Waals surface area contributed by atoms with Gasteiger partial charge in [-0.25, -0.2) is 0 Å². The molecule has 3 aromatic rings. The van der Waals surface area contributed by atoms with Crippen LogP contribution in [-0.2, 0) is 14.3 Å². The highest BCUT2D eigenvalue weighted by molar-refractivity contribution is 5.92. The number of nitrogens with one attached hydrogen (secondary N) is 1. The van der Waals surface area contributed by atoms with Crippen molar-refractivity contribution in [3.05, 3.63) is 95.6 Å². The second kappa shape index (κ2) is 7.89. The number of hydrogen-bond acceptors (Lipinski definition) is 3. The second-order valence-electron chi connectivity index (χ2n) is 7.07. The summed E-state index contributed by atoms with van der Waals surface area (Å²) in [6, 6.07) is 24.1. The number of nitrogens with two attached hydrogens (primary N) is 1. The molecule has 1 aliphatic carbocycles. The summed E-state index contributed by atoms with van der Waals surface area (Å²) in [4.78, 5) is 25.5. The van der Waals surface area contributed by atoms with E-state index in [2.05, 4.69) is 5.32 Å². The predicted molar refractivity (Wildman–Crippen MR) is 111 cm³/mol. The summed E-state index contributed by atoms with van der Waals surface area (Å²) in [6.45, 7) is 0. The quantitative estimate of drug-likeness (QED) is 0.683. The van der Waals surface area contributed by atoms with Gasteiger partial charge < -0.3 is 15.8 Å². The van der Waals surface area contributed by atoms with E-state index in [9.17, 15) is 9.59 Å². The Hall–Kier alpha value is -3.44. The smallest absolute Gasteiger partial charge is 0.254 e. The molecular formula is C24H22N2O3. The number of methoxy groups -OCH3 is 1. The van der Waals surface area contributed by atoms with Gasteiger partial charge in [0.1, 0.15) is 6.04 Å². The maximum Gasteiger partial charge on any atom is 0.254 e. The van der Waals surface area contributed by atoms with Crippen LogP contribution in [0.25, 0.3) is 11.1 Å². The van der Waals surface area contributed by atoms with Crippen molar-refractivity contribution in [3.63, 3.8) is 0 Å². The molecule has 0 saturated carbocycles. The van der Waals surface area contributed by atoms with Gasteiger partial charge in [0.25, 0.3) is 5.91 Å². The normalized spacial score (nSPS) is 14.5. The van der Waals surface area contributed by atoms with Crippen molar-refractivity contribution in [2.24, 2.45) is 5.73 Å². The first-order valence-electron chi connectivity index (χ1n) is 9.47. The molecule has 0 unspecified atom stereocenters. The molecular weight excluding hydrogens is 364 g/mol. The van der Waals surface area contributed by atoms with Crippen LogP contribution in [0.2, 0.25) is 0 Å². The number of amides is 2. The van der Waals surface area contributed by atoms with Gasteiger partial charge in [0, 0.05) is 13.0 Å². The van der Waals surface area contributed by atoms with Gasteiger partial charge in [-0.15, -0.1) is 0 Å². The third-order valence-electron chi connectivity index (χ3n) is 5.40. The molecule has 0 spiro atoms. The molecule has 146 valence electrons. The fourth-order valence-corrected chi connectivity index (χ4v) is 4.12. The van der Waals surface area contributed by atoms with Crippen molar-refractivity contribution in [2.75, 3.05) is 7.11 Å². The summed E-state index contributed by atoms with van der Waals surface area (Å²) in [6.07, 6.45) is -0.829. The lowest BCUT2D eigenvalue weighted by Gasteiger charge is -2.26. The summed E-state index contributed by atoms with van der Waals surface area (Å²) < 4.78 is 5.42. The minimum Gasteiger partial charge on any atom is -0.368 e. The molecule has 2 amide bonds. The van der Waals surface area contributed by atoms with Gasteiger partial charge in [-0.3, -0.25) is 9.59 Å². The first-order valence-corrected chi connectivity index (χ1v) is 9.47. The fraction of sp³-hybridized carbons (Fsp3) is 0.167. The summed E-state index contributed by atoms with van der Waals surface area (Å²) in [7, 11) is 1.47. The molecule has 0 radical (unpaired) electrons. The van der Waals surface area contributed by atoms with Crippen molar-refractivity contribution in [1.29, 1.82) is 0 Å². The van der Waals surface area contributed by atoms with Crippen LogP contribution >= 0.6 is 0 Å². The van der Waals surface area contributed by atoms with Crippen LogP contribution in [0.5, 0.6) is 0 Å². The van der Waals surface area contributed by atoms with Gasteiger partial charge in [-0.05, 0) is 27.8 Å². The average Bonchev–Trinajstić information content (AvgIpc) is 3.07. The molecule has 1 aliphatic rings. The van der Waals surface area contributed by atoms with E-state index in [4.69, 9.17) is 10.5 Å². The Morgan fingerprint density at radius 2 is 1.38 bits per heavy atom. The fourth-order valence-electron chi connectivity index (χ4n) is 4.12. The first-order chi connectivity index (χ1) is 14.1. The predicted octanol–water partition coefficient (Wildman–Crippen LogP) is 3.16. The highest BCUT2D eigenvalue weighted by Gasteiger charge is 2.38. The topological polar surface area (TPSA) is 81.4 Å². The van der Waals surface area contributed by atoms with E-state index in [0.29, 0.717) is 5.56 Å². The molecule has 5 nitrogen and oxygen atoms in total. The number of benzene rings is 3. The number of fused-ring (bicyclic) bond motifs is 3. The lowest BCUT2D eigenvalue weighted by atomic mass is 9.88. The van der Waals surface area contributed by atoms with E-state index in [1.165, 1.54) is 7.11 Å². The second-order valence-corrected chi connectivity index (χ2v) is 7.07. The Morgan fingerprint density at radius 1 is 0.862 bits per heavy atom. The Labute approximate surface area is 169 Å². The minimum atomic E-state index is -0.895. The standard InChI is InChI=1S/C24H22N2O3/c1-29-22(15-9-3-2-4-10-15)24(28)26-21(23(25)27)20-18-13-7-5-11-16(18)17-12-6-8-14-19(17)20/h2-14,20-22H,1H3,(H2,25,27)(H,26,28)/t21-,22+/m0/s1. The molecule has 5 heteroatoms. The van der Waals surface area contributed by atoms with Crippen molar-refractivity contribution >= 4 is 11.8 Å². The Bertz CT molecular complexity index is 1000. The van der Waals surface area contributed by atoms with E-state index in [1.54, 1.807) is 0 Å². The number of primary amides is 1. The zero-order chi connectivity index (χ0) is 20.4. The molecule has 4 rings (SSSR count). The third kappa shape index (κ3) is 3.41. The van der Waals surface area contributed by atoms with E-state index >= 15 is 0 Å². The van der Waals surface area contributed by atoms with Gasteiger partial charge >= 0.3 is 0 Å². The van der Waals surface area contributed by atoms with E-state index in [1.807, 2.05) is 78.9 Å². The average molecular weight is 386 g/mol. The van der Waals surface area contributed by atoms with Gasteiger partial charge in [-0.1, -0.05) is 78.9 Å². The van der Waals surface area contributed by atoms with E-state index < -0.39 is 24.0 Å². The maximum absolute atomic E-state index is 13.0. The molecule has 0 saturated heterocycles. The highest BCUT2D eigenvalue weighted by atomic mass is 16.5. The lowest BCUT2D eigenvalue weighted by molar-refractivity contribution is -0.135. The molecule has 0 aliphatic heterocycles. The summed E-state index contributed by atoms with van der Waals surface area (Å²) in [5.74, 6) is -1.33. The molecule has 2 atom stereocenters. The number of carbonyl (C=O) groups is 2. The third-order valence-corrected chi connectivity index (χ3v) is 5.40. The van der Waals surface area contributed by atoms with Crippen LogP contribution < -0.4 is 11.1 Å². The molecule has 0 aromatic heterocycles.